The molecular formula is C30H39FN4O4. The number of nitrogens with one attached hydrogen (secondary N) is 3. The Morgan fingerprint density at radius 1 is 1.21 bits per heavy atom. The first kappa shape index (κ1) is 28.7. The van der Waals surface area contributed by atoms with E-state index in [0.717, 1.165) is 17.5 Å². The summed E-state index contributed by atoms with van der Waals surface area (Å²) in [4.78, 5) is 40.4. The third-order valence-corrected chi connectivity index (χ3v) is 8.13. The van der Waals surface area contributed by atoms with Crippen LogP contribution >= 0.6 is 0 Å². The van der Waals surface area contributed by atoms with E-state index in [9.17, 15) is 23.9 Å². The zero-order chi connectivity index (χ0) is 28.5. The van der Waals surface area contributed by atoms with Crippen molar-refractivity contribution in [2.75, 3.05) is 6.54 Å². The summed E-state index contributed by atoms with van der Waals surface area (Å²) in [5.41, 5.74) is 7.52. The molecule has 2 aromatic carbocycles. The number of carbonyl (C=O) groups excluding carboxylic acids is 3. The molecule has 2 heterocycles. The van der Waals surface area contributed by atoms with Crippen LogP contribution in [0.15, 0.2) is 42.5 Å². The van der Waals surface area contributed by atoms with Crippen LogP contribution < -0.4 is 16.2 Å². The lowest BCUT2D eigenvalue weighted by molar-refractivity contribution is -0.138. The highest BCUT2D eigenvalue weighted by Crippen LogP contribution is 2.40. The Balaban J connectivity index is 1.46. The van der Waals surface area contributed by atoms with Crippen molar-refractivity contribution in [3.63, 3.8) is 0 Å². The van der Waals surface area contributed by atoms with Gasteiger partial charge in [0, 0.05) is 17.5 Å². The largest absolute Gasteiger partial charge is 0.388 e. The molecule has 0 spiro atoms. The summed E-state index contributed by atoms with van der Waals surface area (Å²) in [6.45, 7) is 9.02. The molecule has 2 fully saturated rings. The zero-order valence-corrected chi connectivity index (χ0v) is 23.3. The molecule has 4 rings (SSSR count). The third-order valence-electron chi connectivity index (χ3n) is 8.13. The molecular weight excluding hydrogens is 499 g/mol. The Hall–Kier alpha value is -3.30. The first-order chi connectivity index (χ1) is 18.4. The Morgan fingerprint density at radius 2 is 1.95 bits per heavy atom. The lowest BCUT2D eigenvalue weighted by Gasteiger charge is -2.37. The van der Waals surface area contributed by atoms with Gasteiger partial charge in [-0.3, -0.25) is 19.8 Å². The van der Waals surface area contributed by atoms with E-state index >= 15 is 0 Å². The van der Waals surface area contributed by atoms with E-state index in [1.54, 1.807) is 43.0 Å². The predicted molar refractivity (Wildman–Crippen MR) is 146 cm³/mol. The number of halogens is 1. The van der Waals surface area contributed by atoms with E-state index in [0.29, 0.717) is 24.0 Å². The summed E-state index contributed by atoms with van der Waals surface area (Å²) in [6.07, 6.45) is 1.87. The van der Waals surface area contributed by atoms with Gasteiger partial charge in [0.15, 0.2) is 0 Å². The lowest BCUT2D eigenvalue weighted by atomic mass is 9.80. The number of amides is 3. The van der Waals surface area contributed by atoms with Crippen LogP contribution in [-0.2, 0) is 9.59 Å². The van der Waals surface area contributed by atoms with E-state index in [1.807, 2.05) is 26.8 Å². The van der Waals surface area contributed by atoms with E-state index in [-0.39, 0.29) is 54.0 Å². The molecule has 2 aromatic rings. The van der Waals surface area contributed by atoms with Crippen LogP contribution in [0.25, 0.3) is 0 Å². The second kappa shape index (κ2) is 11.4. The summed E-state index contributed by atoms with van der Waals surface area (Å²) in [5, 5.41) is 13.5. The summed E-state index contributed by atoms with van der Waals surface area (Å²) in [6, 6.07) is 10.8. The maximum absolute atomic E-state index is 13.9. The highest BCUT2D eigenvalue weighted by molar-refractivity contribution is 5.97. The van der Waals surface area contributed by atoms with Gasteiger partial charge in [0.2, 0.25) is 11.8 Å². The van der Waals surface area contributed by atoms with E-state index in [2.05, 4.69) is 16.2 Å². The molecule has 8 nitrogen and oxygen atoms in total. The van der Waals surface area contributed by atoms with Gasteiger partial charge in [-0.2, -0.15) is 0 Å². The molecule has 9 heteroatoms. The van der Waals surface area contributed by atoms with Crippen LogP contribution in [0.2, 0.25) is 0 Å². The fourth-order valence-corrected chi connectivity index (χ4v) is 6.05. The molecule has 0 bridgehead atoms. The molecule has 5 atom stereocenters. The van der Waals surface area contributed by atoms with Gasteiger partial charge in [-0.1, -0.05) is 25.1 Å². The molecule has 0 radical (unpaired) electrons. The van der Waals surface area contributed by atoms with Crippen molar-refractivity contribution in [2.24, 2.45) is 5.92 Å². The minimum atomic E-state index is -1.16. The van der Waals surface area contributed by atoms with Gasteiger partial charge in [-0.15, -0.1) is 0 Å². The second-order valence-electron chi connectivity index (χ2n) is 11.5. The number of nitrogens with zero attached hydrogens (tertiary/aromatic N) is 1. The first-order valence-corrected chi connectivity index (χ1v) is 13.6. The molecule has 3 unspecified atom stereocenters. The van der Waals surface area contributed by atoms with Crippen LogP contribution in [0.5, 0.6) is 0 Å². The maximum Gasteiger partial charge on any atom is 0.251 e. The number of hydrazine groups is 1. The lowest BCUT2D eigenvalue weighted by Crippen LogP contribution is -2.53. The molecule has 0 saturated carbocycles. The van der Waals surface area contributed by atoms with Crippen LogP contribution in [0.4, 0.5) is 4.39 Å². The van der Waals surface area contributed by atoms with Gasteiger partial charge in [-0.25, -0.2) is 9.82 Å². The fraction of sp³-hybridized carbons (Fsp3) is 0.500. The number of likely N-dealkylation sites (tertiary alicyclic amines) is 1. The number of hydrogen-bond acceptors (Lipinski definition) is 5. The van der Waals surface area contributed by atoms with Crippen LogP contribution in [0.3, 0.4) is 0 Å². The average molecular weight is 539 g/mol. The molecule has 2 aliphatic rings. The molecule has 2 saturated heterocycles. The van der Waals surface area contributed by atoms with Crippen molar-refractivity contribution in [3.8, 4) is 0 Å². The number of aliphatic hydroxyl groups is 1. The van der Waals surface area contributed by atoms with Crippen molar-refractivity contribution in [1.82, 2.24) is 21.1 Å². The normalized spacial score (nSPS) is 24.3. The van der Waals surface area contributed by atoms with Gasteiger partial charge in [-0.05, 0) is 93.8 Å². The van der Waals surface area contributed by atoms with Gasteiger partial charge >= 0.3 is 0 Å². The molecule has 3 amide bonds. The van der Waals surface area contributed by atoms with Crippen molar-refractivity contribution >= 4 is 17.7 Å². The number of benzene rings is 2. The van der Waals surface area contributed by atoms with Gasteiger partial charge in [0.1, 0.15) is 5.82 Å². The monoisotopic (exact) mass is 538 g/mol. The van der Waals surface area contributed by atoms with Crippen molar-refractivity contribution in [2.45, 2.75) is 83.5 Å². The van der Waals surface area contributed by atoms with Gasteiger partial charge in [0.05, 0.1) is 24.2 Å². The predicted octanol–water partition coefficient (Wildman–Crippen LogP) is 3.50. The molecule has 2 aliphatic heterocycles. The number of hydrogen-bond donors (Lipinski definition) is 4. The SMILES string of the molecule is Cc1cc(C(=O)NCC(=O)N2[C@H](c3cccc(F)c3)CC[C@@H]2C(C)(C)O)ccc1C(C)C1CC(C)NNC1=O. The molecule has 39 heavy (non-hydrogen) atoms. The number of rotatable bonds is 7. The van der Waals surface area contributed by atoms with E-state index in [1.165, 1.54) is 12.1 Å². The Bertz CT molecular complexity index is 1240. The Morgan fingerprint density at radius 3 is 2.62 bits per heavy atom. The second-order valence-corrected chi connectivity index (χ2v) is 11.5. The summed E-state index contributed by atoms with van der Waals surface area (Å²) in [5.74, 6) is -1.35. The van der Waals surface area contributed by atoms with Crippen molar-refractivity contribution in [1.29, 1.82) is 0 Å². The zero-order valence-electron chi connectivity index (χ0n) is 23.3. The van der Waals surface area contributed by atoms with E-state index < -0.39 is 11.6 Å². The van der Waals surface area contributed by atoms with E-state index in [4.69, 9.17) is 0 Å². The molecule has 0 aliphatic carbocycles. The highest BCUT2D eigenvalue weighted by atomic mass is 19.1. The van der Waals surface area contributed by atoms with Crippen LogP contribution in [-0.4, -0.2) is 52.0 Å². The van der Waals surface area contributed by atoms with Gasteiger partial charge < -0.3 is 15.3 Å². The highest BCUT2D eigenvalue weighted by Gasteiger charge is 2.44. The topological polar surface area (TPSA) is 111 Å². The minimum Gasteiger partial charge on any atom is -0.388 e. The Kier molecular flexibility index (Phi) is 8.42. The van der Waals surface area contributed by atoms with Gasteiger partial charge in [0.25, 0.3) is 5.91 Å². The standard InChI is InChI=1S/C30H39FN4O4/c1-17-13-21(9-10-23(17)19(3)24-14-18(2)33-34-29(24)38)28(37)32-16-27(36)35-25(11-12-26(35)30(4,5)39)20-7-6-8-22(31)15-20/h6-10,13,15,18-19,24-26,33,39H,11-12,14,16H2,1-5H3,(H,32,37)(H,34,38)/t18?,19?,24?,25-,26+/m0/s1. The van der Waals surface area contributed by atoms with Crippen LogP contribution in [0, 0.1) is 18.7 Å². The number of aryl methyl sites for hydroxylation is 1. The molecule has 0 aromatic heterocycles. The Labute approximate surface area is 229 Å². The molecule has 4 N–H and O–H groups in total. The average Bonchev–Trinajstić information content (AvgIpc) is 3.34. The van der Waals surface area contributed by atoms with Crippen molar-refractivity contribution in [3.05, 3.63) is 70.5 Å². The van der Waals surface area contributed by atoms with Crippen LogP contribution in [0.1, 0.15) is 86.0 Å². The summed E-state index contributed by atoms with van der Waals surface area (Å²) in [7, 11) is 0. The summed E-state index contributed by atoms with van der Waals surface area (Å²) >= 11 is 0. The summed E-state index contributed by atoms with van der Waals surface area (Å²) < 4.78 is 13.9. The number of carbonyl (C=O) groups is 3. The molecule has 210 valence electrons. The smallest absolute Gasteiger partial charge is 0.251 e. The first-order valence-electron chi connectivity index (χ1n) is 13.6. The third kappa shape index (κ3) is 6.31. The maximum atomic E-state index is 13.9. The van der Waals surface area contributed by atoms with Crippen molar-refractivity contribution < 1.29 is 23.9 Å². The minimum absolute atomic E-state index is 0.0260. The quantitative estimate of drug-likeness (QED) is 0.431. The fourth-order valence-electron chi connectivity index (χ4n) is 6.05.